The summed E-state index contributed by atoms with van der Waals surface area (Å²) in [6, 6.07) is 15.4. The summed E-state index contributed by atoms with van der Waals surface area (Å²) in [5.41, 5.74) is 9.27. The third-order valence-electron chi connectivity index (χ3n) is 3.26. The van der Waals surface area contributed by atoms with E-state index in [1.165, 1.54) is 5.56 Å². The lowest BCUT2D eigenvalue weighted by molar-refractivity contribution is 0.0697. The van der Waals surface area contributed by atoms with Gasteiger partial charge in [-0.2, -0.15) is 0 Å². The molecule has 3 heteroatoms. The van der Waals surface area contributed by atoms with Gasteiger partial charge in [-0.1, -0.05) is 36.4 Å². The zero-order chi connectivity index (χ0) is 14.5. The van der Waals surface area contributed by atoms with Crippen molar-refractivity contribution in [2.45, 2.75) is 25.8 Å². The normalized spacial score (nSPS) is 12.1. The summed E-state index contributed by atoms with van der Waals surface area (Å²) < 4.78 is 0. The standard InChI is InChI=1S/C17H19NO2/c1-12(18)8-9-13-4-2-5-14(10-13)15-6-3-7-16(11-15)17(19)20/h2-7,10-12H,8-9,18H2,1H3,(H,19,20). The van der Waals surface area contributed by atoms with E-state index >= 15 is 0 Å². The fourth-order valence-corrected chi connectivity index (χ4v) is 2.13. The number of benzene rings is 2. The fourth-order valence-electron chi connectivity index (χ4n) is 2.13. The number of aryl methyl sites for hydroxylation is 1. The molecule has 0 radical (unpaired) electrons. The number of carbonyl (C=O) groups is 1. The number of hydrogen-bond donors (Lipinski definition) is 2. The first kappa shape index (κ1) is 14.3. The van der Waals surface area contributed by atoms with Crippen molar-refractivity contribution in [2.24, 2.45) is 5.73 Å². The Morgan fingerprint density at radius 3 is 2.45 bits per heavy atom. The molecule has 1 atom stereocenters. The van der Waals surface area contributed by atoms with Crippen LogP contribution in [0.4, 0.5) is 0 Å². The van der Waals surface area contributed by atoms with Crippen LogP contribution in [0.15, 0.2) is 48.5 Å². The van der Waals surface area contributed by atoms with Crippen LogP contribution < -0.4 is 5.73 Å². The lowest BCUT2D eigenvalue weighted by Crippen LogP contribution is -2.15. The number of carboxylic acids is 1. The van der Waals surface area contributed by atoms with Crippen LogP contribution in [-0.2, 0) is 6.42 Å². The minimum absolute atomic E-state index is 0.189. The molecule has 20 heavy (non-hydrogen) atoms. The molecule has 0 saturated heterocycles. The van der Waals surface area contributed by atoms with Gasteiger partial charge in [0.25, 0.3) is 0 Å². The van der Waals surface area contributed by atoms with E-state index in [2.05, 4.69) is 12.1 Å². The molecule has 1 unspecified atom stereocenters. The Morgan fingerprint density at radius 2 is 1.80 bits per heavy atom. The maximum Gasteiger partial charge on any atom is 0.335 e. The molecule has 0 aromatic heterocycles. The highest BCUT2D eigenvalue weighted by atomic mass is 16.4. The van der Waals surface area contributed by atoms with Gasteiger partial charge in [-0.25, -0.2) is 4.79 Å². The summed E-state index contributed by atoms with van der Waals surface area (Å²) in [7, 11) is 0. The summed E-state index contributed by atoms with van der Waals surface area (Å²) in [6.45, 7) is 2.00. The van der Waals surface area contributed by atoms with Gasteiger partial charge in [0.1, 0.15) is 0 Å². The predicted molar refractivity (Wildman–Crippen MR) is 80.8 cm³/mol. The second-order valence-corrected chi connectivity index (χ2v) is 5.10. The molecule has 2 aromatic carbocycles. The molecule has 0 aliphatic heterocycles. The smallest absolute Gasteiger partial charge is 0.335 e. The zero-order valence-electron chi connectivity index (χ0n) is 11.5. The van der Waals surface area contributed by atoms with Crippen LogP contribution in [0.5, 0.6) is 0 Å². The molecule has 0 aliphatic rings. The van der Waals surface area contributed by atoms with E-state index in [1.807, 2.05) is 25.1 Å². The van der Waals surface area contributed by atoms with Crippen LogP contribution in [0.25, 0.3) is 11.1 Å². The van der Waals surface area contributed by atoms with Crippen molar-refractivity contribution in [2.75, 3.05) is 0 Å². The van der Waals surface area contributed by atoms with E-state index in [0.29, 0.717) is 5.56 Å². The highest BCUT2D eigenvalue weighted by molar-refractivity contribution is 5.89. The monoisotopic (exact) mass is 269 g/mol. The highest BCUT2D eigenvalue weighted by Crippen LogP contribution is 2.22. The maximum atomic E-state index is 11.0. The molecule has 2 rings (SSSR count). The van der Waals surface area contributed by atoms with Gasteiger partial charge in [0.05, 0.1) is 5.56 Å². The Hall–Kier alpha value is -2.13. The SMILES string of the molecule is CC(N)CCc1cccc(-c2cccc(C(=O)O)c2)c1. The topological polar surface area (TPSA) is 63.3 Å². The summed E-state index contributed by atoms with van der Waals surface area (Å²) in [6.07, 6.45) is 1.88. The second kappa shape index (κ2) is 6.35. The van der Waals surface area contributed by atoms with Crippen LogP contribution in [0, 0.1) is 0 Å². The van der Waals surface area contributed by atoms with Crippen molar-refractivity contribution in [3.63, 3.8) is 0 Å². The van der Waals surface area contributed by atoms with E-state index in [-0.39, 0.29) is 6.04 Å². The first-order chi connectivity index (χ1) is 9.56. The van der Waals surface area contributed by atoms with Crippen molar-refractivity contribution < 1.29 is 9.90 Å². The Kier molecular flexibility index (Phi) is 4.53. The van der Waals surface area contributed by atoms with E-state index < -0.39 is 5.97 Å². The van der Waals surface area contributed by atoms with Crippen molar-refractivity contribution in [1.29, 1.82) is 0 Å². The van der Waals surface area contributed by atoms with E-state index in [9.17, 15) is 4.79 Å². The first-order valence-corrected chi connectivity index (χ1v) is 6.74. The maximum absolute atomic E-state index is 11.0. The molecule has 0 bridgehead atoms. The van der Waals surface area contributed by atoms with Gasteiger partial charge in [0, 0.05) is 6.04 Å². The number of hydrogen-bond acceptors (Lipinski definition) is 2. The largest absolute Gasteiger partial charge is 0.478 e. The molecular formula is C17H19NO2. The van der Waals surface area contributed by atoms with Gasteiger partial charge in [0.15, 0.2) is 0 Å². The van der Waals surface area contributed by atoms with Gasteiger partial charge >= 0.3 is 5.97 Å². The van der Waals surface area contributed by atoms with Crippen molar-refractivity contribution in [1.82, 2.24) is 0 Å². The van der Waals surface area contributed by atoms with Crippen molar-refractivity contribution >= 4 is 5.97 Å². The molecular weight excluding hydrogens is 250 g/mol. The van der Waals surface area contributed by atoms with E-state index in [4.69, 9.17) is 10.8 Å². The van der Waals surface area contributed by atoms with E-state index in [0.717, 1.165) is 24.0 Å². The lowest BCUT2D eigenvalue weighted by Gasteiger charge is -2.08. The zero-order valence-corrected chi connectivity index (χ0v) is 11.5. The summed E-state index contributed by atoms with van der Waals surface area (Å²) in [5, 5.41) is 9.04. The summed E-state index contributed by atoms with van der Waals surface area (Å²) >= 11 is 0. The fraction of sp³-hybridized carbons (Fsp3) is 0.235. The number of carboxylic acid groups (broad SMARTS) is 1. The number of aromatic carboxylic acids is 1. The van der Waals surface area contributed by atoms with Gasteiger partial charge in [0.2, 0.25) is 0 Å². The Balaban J connectivity index is 2.26. The third kappa shape index (κ3) is 3.68. The first-order valence-electron chi connectivity index (χ1n) is 6.74. The Bertz CT molecular complexity index is 605. The molecule has 0 fully saturated rings. The summed E-state index contributed by atoms with van der Waals surface area (Å²) in [5.74, 6) is -0.903. The number of rotatable bonds is 5. The van der Waals surface area contributed by atoms with Crippen molar-refractivity contribution in [3.8, 4) is 11.1 Å². The highest BCUT2D eigenvalue weighted by Gasteiger charge is 2.05. The molecule has 0 spiro atoms. The lowest BCUT2D eigenvalue weighted by atomic mass is 9.98. The van der Waals surface area contributed by atoms with Crippen LogP contribution in [0.2, 0.25) is 0 Å². The van der Waals surface area contributed by atoms with Crippen molar-refractivity contribution in [3.05, 3.63) is 59.7 Å². The van der Waals surface area contributed by atoms with E-state index in [1.54, 1.807) is 18.2 Å². The van der Waals surface area contributed by atoms with Crippen LogP contribution >= 0.6 is 0 Å². The minimum atomic E-state index is -0.903. The molecule has 104 valence electrons. The molecule has 3 N–H and O–H groups in total. The quantitative estimate of drug-likeness (QED) is 0.875. The van der Waals surface area contributed by atoms with Gasteiger partial charge in [-0.3, -0.25) is 0 Å². The Morgan fingerprint density at radius 1 is 1.15 bits per heavy atom. The molecule has 3 nitrogen and oxygen atoms in total. The van der Waals surface area contributed by atoms with Gasteiger partial charge < -0.3 is 10.8 Å². The van der Waals surface area contributed by atoms with Crippen LogP contribution in [-0.4, -0.2) is 17.1 Å². The molecule has 2 aromatic rings. The third-order valence-corrected chi connectivity index (χ3v) is 3.26. The average Bonchev–Trinajstić information content (AvgIpc) is 2.45. The Labute approximate surface area is 119 Å². The average molecular weight is 269 g/mol. The molecule has 0 saturated carbocycles. The van der Waals surface area contributed by atoms with Gasteiger partial charge in [-0.15, -0.1) is 0 Å². The number of nitrogens with two attached hydrogens (primary N) is 1. The second-order valence-electron chi connectivity index (χ2n) is 5.10. The van der Waals surface area contributed by atoms with Gasteiger partial charge in [-0.05, 0) is 48.6 Å². The van der Waals surface area contributed by atoms with Crippen LogP contribution in [0.1, 0.15) is 29.3 Å². The minimum Gasteiger partial charge on any atom is -0.478 e. The predicted octanol–water partition coefficient (Wildman–Crippen LogP) is 3.33. The molecule has 0 heterocycles. The summed E-state index contributed by atoms with van der Waals surface area (Å²) in [4.78, 5) is 11.0. The molecule has 0 aliphatic carbocycles. The van der Waals surface area contributed by atoms with Crippen LogP contribution in [0.3, 0.4) is 0 Å². The molecule has 0 amide bonds.